The molecule has 12 heteroatoms. The Kier molecular flexibility index (Phi) is 7.47. The number of ether oxygens (including phenoxy) is 12. The van der Waals surface area contributed by atoms with E-state index in [0.717, 1.165) is 0 Å². The van der Waals surface area contributed by atoms with Crippen molar-refractivity contribution in [2.75, 3.05) is 79.3 Å². The van der Waals surface area contributed by atoms with E-state index in [4.69, 9.17) is 56.8 Å². The lowest BCUT2D eigenvalue weighted by molar-refractivity contribution is -0.284. The first-order valence-electron chi connectivity index (χ1n) is 13.2. The highest BCUT2D eigenvalue weighted by Crippen LogP contribution is 2.36. The van der Waals surface area contributed by atoms with E-state index in [9.17, 15) is 0 Å². The van der Waals surface area contributed by atoms with Crippen LogP contribution in [0, 0.1) is 0 Å². The Hall–Kier alpha value is -0.480. The van der Waals surface area contributed by atoms with Crippen LogP contribution in [-0.4, -0.2) is 153 Å². The molecule has 6 saturated heterocycles. The van der Waals surface area contributed by atoms with Crippen LogP contribution in [0.4, 0.5) is 0 Å². The monoisotopic (exact) mass is 516 g/mol. The largest absolute Gasteiger partial charge is 0.371 e. The Bertz CT molecular complexity index is 551. The van der Waals surface area contributed by atoms with E-state index in [0.29, 0.717) is 79.3 Å². The van der Waals surface area contributed by atoms with Crippen molar-refractivity contribution in [3.8, 4) is 0 Å². The number of epoxide rings is 6. The van der Waals surface area contributed by atoms with Gasteiger partial charge in [-0.05, 0) is 0 Å². The van der Waals surface area contributed by atoms with E-state index >= 15 is 0 Å². The van der Waals surface area contributed by atoms with E-state index in [2.05, 4.69) is 0 Å². The van der Waals surface area contributed by atoms with E-state index in [-0.39, 0.29) is 36.6 Å². The topological polar surface area (TPSA) is 131 Å². The maximum Gasteiger partial charge on any atom is 0.115 e. The lowest BCUT2D eigenvalue weighted by atomic mass is 9.83. The van der Waals surface area contributed by atoms with Gasteiger partial charge in [0, 0.05) is 0 Å². The molecule has 0 aromatic carbocycles. The van der Waals surface area contributed by atoms with Crippen molar-refractivity contribution in [2.45, 2.75) is 73.2 Å². The molecule has 7 rings (SSSR count). The normalized spacial score (nSPS) is 48.0. The minimum absolute atomic E-state index is 0.0873. The molecular formula is C24H36O12. The molecule has 0 bridgehead atoms. The zero-order chi connectivity index (χ0) is 23.9. The van der Waals surface area contributed by atoms with Crippen LogP contribution >= 0.6 is 0 Å². The summed E-state index contributed by atoms with van der Waals surface area (Å²) in [7, 11) is 0. The van der Waals surface area contributed by atoms with Gasteiger partial charge in [0.2, 0.25) is 0 Å². The van der Waals surface area contributed by atoms with Crippen molar-refractivity contribution < 1.29 is 56.8 Å². The molecule has 6 unspecified atom stereocenters. The Balaban J connectivity index is 1.16. The SMILES string of the molecule is C1OC1COC1C(OCC2CO2)C(OCC2CO2)C(OCC2CO2)C(OCC2CO2)C1OCC1CO1. The lowest BCUT2D eigenvalue weighted by Gasteiger charge is -2.49. The zero-order valence-corrected chi connectivity index (χ0v) is 20.3. The fraction of sp³-hybridized carbons (Fsp3) is 1.00. The summed E-state index contributed by atoms with van der Waals surface area (Å²) >= 11 is 0. The third-order valence-electron chi connectivity index (χ3n) is 7.20. The van der Waals surface area contributed by atoms with E-state index in [1.807, 2.05) is 0 Å². The minimum Gasteiger partial charge on any atom is -0.371 e. The molecule has 7 aliphatic rings. The number of hydrogen-bond acceptors (Lipinski definition) is 12. The summed E-state index contributed by atoms with van der Waals surface area (Å²) in [5, 5.41) is 0. The van der Waals surface area contributed by atoms with Crippen LogP contribution in [0.2, 0.25) is 0 Å². The first-order valence-corrected chi connectivity index (χ1v) is 13.2. The van der Waals surface area contributed by atoms with Gasteiger partial charge in [-0.15, -0.1) is 0 Å². The maximum absolute atomic E-state index is 6.47. The van der Waals surface area contributed by atoms with E-state index in [1.54, 1.807) is 0 Å². The summed E-state index contributed by atoms with van der Waals surface area (Å²) in [4.78, 5) is 0. The smallest absolute Gasteiger partial charge is 0.115 e. The molecule has 6 atom stereocenters. The highest BCUT2D eigenvalue weighted by atomic mass is 16.7. The first-order chi connectivity index (χ1) is 17.8. The molecule has 7 fully saturated rings. The summed E-state index contributed by atoms with van der Waals surface area (Å²) < 4.78 is 71.4. The summed E-state index contributed by atoms with van der Waals surface area (Å²) in [6, 6.07) is 0. The molecule has 0 aromatic heterocycles. The van der Waals surface area contributed by atoms with Gasteiger partial charge in [-0.1, -0.05) is 0 Å². The van der Waals surface area contributed by atoms with Gasteiger partial charge >= 0.3 is 0 Å². The molecule has 0 radical (unpaired) electrons. The molecule has 0 spiro atoms. The zero-order valence-electron chi connectivity index (χ0n) is 20.3. The van der Waals surface area contributed by atoms with Crippen molar-refractivity contribution in [3.63, 3.8) is 0 Å². The fourth-order valence-corrected chi connectivity index (χ4v) is 4.56. The van der Waals surface area contributed by atoms with Gasteiger partial charge in [0.15, 0.2) is 0 Å². The van der Waals surface area contributed by atoms with Gasteiger partial charge in [0.25, 0.3) is 0 Å². The average molecular weight is 517 g/mol. The van der Waals surface area contributed by atoms with Crippen LogP contribution in [0.3, 0.4) is 0 Å². The predicted octanol–water partition coefficient (Wildman–Crippen LogP) is -1.30. The average Bonchev–Trinajstić information content (AvgIpc) is 3.67. The highest BCUT2D eigenvalue weighted by molar-refractivity contribution is 5.05. The van der Waals surface area contributed by atoms with Crippen LogP contribution in [0.1, 0.15) is 0 Å². The molecule has 1 saturated carbocycles. The van der Waals surface area contributed by atoms with Crippen LogP contribution < -0.4 is 0 Å². The van der Waals surface area contributed by atoms with Crippen LogP contribution in [-0.2, 0) is 56.8 Å². The van der Waals surface area contributed by atoms with Gasteiger partial charge in [-0.2, -0.15) is 0 Å². The van der Waals surface area contributed by atoms with Gasteiger partial charge < -0.3 is 56.8 Å². The Labute approximate surface area is 209 Å². The second-order valence-corrected chi connectivity index (χ2v) is 10.5. The summed E-state index contributed by atoms with van der Waals surface area (Å²) in [6.45, 7) is 6.85. The minimum atomic E-state index is -0.459. The summed E-state index contributed by atoms with van der Waals surface area (Å²) in [5.74, 6) is 0. The van der Waals surface area contributed by atoms with Crippen molar-refractivity contribution in [1.82, 2.24) is 0 Å². The van der Waals surface area contributed by atoms with Crippen molar-refractivity contribution in [2.24, 2.45) is 0 Å². The lowest BCUT2D eigenvalue weighted by Crippen LogP contribution is -2.68. The van der Waals surface area contributed by atoms with E-state index in [1.165, 1.54) is 0 Å². The Morgan fingerprint density at radius 1 is 0.306 bits per heavy atom. The summed E-state index contributed by atoms with van der Waals surface area (Å²) in [6.07, 6.45) is -2.23. The molecule has 6 aliphatic heterocycles. The summed E-state index contributed by atoms with van der Waals surface area (Å²) in [5.41, 5.74) is 0. The van der Waals surface area contributed by atoms with E-state index < -0.39 is 36.6 Å². The van der Waals surface area contributed by atoms with Gasteiger partial charge in [0.05, 0.1) is 79.3 Å². The first kappa shape index (κ1) is 24.6. The van der Waals surface area contributed by atoms with Crippen molar-refractivity contribution in [3.05, 3.63) is 0 Å². The molecule has 0 aromatic rings. The molecule has 1 aliphatic carbocycles. The third kappa shape index (κ3) is 6.93. The molecule has 12 nitrogen and oxygen atoms in total. The maximum atomic E-state index is 6.47. The van der Waals surface area contributed by atoms with Crippen molar-refractivity contribution in [1.29, 1.82) is 0 Å². The van der Waals surface area contributed by atoms with Crippen LogP contribution in [0.25, 0.3) is 0 Å². The van der Waals surface area contributed by atoms with Crippen LogP contribution in [0.15, 0.2) is 0 Å². The third-order valence-corrected chi connectivity index (χ3v) is 7.20. The standard InChI is InChI=1S/C24H36O12/c1-13(25-1)7-31-19-20(32-8-14-2-26-14)22(34-10-16-4-28-16)24(36-12-18-6-30-18)23(35-11-17-5-29-17)21(19)33-9-15-3-27-15/h13-24H,1-12H2. The quantitative estimate of drug-likeness (QED) is 0.201. The van der Waals surface area contributed by atoms with Gasteiger partial charge in [-0.25, -0.2) is 0 Å². The second kappa shape index (κ2) is 10.9. The van der Waals surface area contributed by atoms with Crippen LogP contribution in [0.5, 0.6) is 0 Å². The Morgan fingerprint density at radius 2 is 0.444 bits per heavy atom. The highest BCUT2D eigenvalue weighted by Gasteiger charge is 2.56. The molecule has 0 amide bonds. The molecule has 0 N–H and O–H groups in total. The van der Waals surface area contributed by atoms with Gasteiger partial charge in [0.1, 0.15) is 73.2 Å². The molecule has 6 heterocycles. The molecular weight excluding hydrogens is 480 g/mol. The fourth-order valence-electron chi connectivity index (χ4n) is 4.56. The number of rotatable bonds is 18. The second-order valence-electron chi connectivity index (χ2n) is 10.5. The predicted molar refractivity (Wildman–Crippen MR) is 117 cm³/mol. The number of hydrogen-bond donors (Lipinski definition) is 0. The van der Waals surface area contributed by atoms with Gasteiger partial charge in [-0.3, -0.25) is 0 Å². The van der Waals surface area contributed by atoms with Crippen molar-refractivity contribution >= 4 is 0 Å². The molecule has 36 heavy (non-hydrogen) atoms. The Morgan fingerprint density at radius 3 is 0.556 bits per heavy atom. The molecule has 204 valence electrons.